The molecule has 2 rings (SSSR count). The van der Waals surface area contributed by atoms with Gasteiger partial charge in [-0.2, -0.15) is 0 Å². The molecular formula is C12H12FNS. The highest BCUT2D eigenvalue weighted by Gasteiger charge is 2.05. The summed E-state index contributed by atoms with van der Waals surface area (Å²) < 4.78 is 13.3. The van der Waals surface area contributed by atoms with Gasteiger partial charge < -0.3 is 0 Å². The zero-order valence-corrected chi connectivity index (χ0v) is 9.35. The fourth-order valence-corrected chi connectivity index (χ4v) is 2.28. The van der Waals surface area contributed by atoms with Crippen LogP contribution >= 0.6 is 11.3 Å². The van der Waals surface area contributed by atoms with E-state index in [4.69, 9.17) is 0 Å². The van der Waals surface area contributed by atoms with Gasteiger partial charge in [-0.15, -0.1) is 11.3 Å². The maximum Gasteiger partial charge on any atom is 0.126 e. The number of aromatic nitrogens is 1. The molecule has 0 unspecified atom stereocenters. The van der Waals surface area contributed by atoms with E-state index in [0.717, 1.165) is 17.0 Å². The molecule has 2 aromatic rings. The van der Waals surface area contributed by atoms with E-state index in [2.05, 4.69) is 11.9 Å². The highest BCUT2D eigenvalue weighted by atomic mass is 32.1. The lowest BCUT2D eigenvalue weighted by molar-refractivity contribution is 0.614. The van der Waals surface area contributed by atoms with Gasteiger partial charge in [0.25, 0.3) is 0 Å². The zero-order valence-electron chi connectivity index (χ0n) is 8.53. The van der Waals surface area contributed by atoms with Gasteiger partial charge in [0.05, 0.1) is 5.01 Å². The molecule has 1 aromatic heterocycles. The summed E-state index contributed by atoms with van der Waals surface area (Å²) in [4.78, 5) is 5.53. The minimum absolute atomic E-state index is 0.147. The van der Waals surface area contributed by atoms with E-state index in [0.29, 0.717) is 6.42 Å². The van der Waals surface area contributed by atoms with Gasteiger partial charge in [-0.3, -0.25) is 0 Å². The number of nitrogens with zero attached hydrogens (tertiary/aromatic N) is 1. The zero-order chi connectivity index (χ0) is 10.7. The van der Waals surface area contributed by atoms with Gasteiger partial charge in [-0.25, -0.2) is 9.37 Å². The van der Waals surface area contributed by atoms with Gasteiger partial charge in [0.15, 0.2) is 0 Å². The molecule has 1 nitrogen and oxygen atoms in total. The Kier molecular flexibility index (Phi) is 3.11. The lowest BCUT2D eigenvalue weighted by atomic mass is 10.1. The molecule has 0 aliphatic heterocycles. The van der Waals surface area contributed by atoms with Crippen LogP contribution in [-0.4, -0.2) is 4.98 Å². The first-order valence-corrected chi connectivity index (χ1v) is 5.78. The number of rotatable bonds is 3. The Morgan fingerprint density at radius 3 is 2.80 bits per heavy atom. The van der Waals surface area contributed by atoms with Gasteiger partial charge in [0, 0.05) is 17.5 Å². The molecule has 3 heteroatoms. The summed E-state index contributed by atoms with van der Waals surface area (Å²) in [5, 5.41) is 0.983. The van der Waals surface area contributed by atoms with Crippen molar-refractivity contribution in [1.29, 1.82) is 0 Å². The molecule has 0 fully saturated rings. The first kappa shape index (κ1) is 10.3. The van der Waals surface area contributed by atoms with Crippen LogP contribution in [-0.2, 0) is 12.8 Å². The summed E-state index contributed by atoms with van der Waals surface area (Å²) >= 11 is 1.66. The number of aryl methyl sites for hydroxylation is 1. The molecule has 0 saturated heterocycles. The Bertz CT molecular complexity index is 450. The number of benzene rings is 1. The normalized spacial score (nSPS) is 10.5. The first-order chi connectivity index (χ1) is 7.29. The number of hydrogen-bond donors (Lipinski definition) is 0. The van der Waals surface area contributed by atoms with E-state index in [1.54, 1.807) is 17.4 Å². The summed E-state index contributed by atoms with van der Waals surface area (Å²) in [6, 6.07) is 6.86. The van der Waals surface area contributed by atoms with E-state index in [1.165, 1.54) is 10.9 Å². The van der Waals surface area contributed by atoms with Crippen molar-refractivity contribution in [2.45, 2.75) is 19.8 Å². The molecule has 0 atom stereocenters. The second-order valence-corrected chi connectivity index (χ2v) is 4.54. The molecule has 0 saturated carbocycles. The molecule has 0 amide bonds. The Hall–Kier alpha value is -1.22. The summed E-state index contributed by atoms with van der Waals surface area (Å²) in [7, 11) is 0. The van der Waals surface area contributed by atoms with Crippen LogP contribution in [0.15, 0.2) is 30.5 Å². The Morgan fingerprint density at radius 1 is 1.33 bits per heavy atom. The molecule has 0 aliphatic rings. The summed E-state index contributed by atoms with van der Waals surface area (Å²) in [6.45, 7) is 2.10. The second kappa shape index (κ2) is 4.53. The van der Waals surface area contributed by atoms with Crippen LogP contribution in [0.3, 0.4) is 0 Å². The molecule has 1 heterocycles. The third-order valence-electron chi connectivity index (χ3n) is 2.25. The molecule has 78 valence electrons. The van der Waals surface area contributed by atoms with Crippen LogP contribution < -0.4 is 0 Å². The molecule has 0 aliphatic carbocycles. The summed E-state index contributed by atoms with van der Waals surface area (Å²) in [5.74, 6) is -0.147. The van der Waals surface area contributed by atoms with E-state index in [1.807, 2.05) is 18.3 Å². The molecular weight excluding hydrogens is 209 g/mol. The third-order valence-corrected chi connectivity index (χ3v) is 3.39. The van der Waals surface area contributed by atoms with Crippen LogP contribution in [0.4, 0.5) is 4.39 Å². The SMILES string of the molecule is CCc1cnc(Cc2ccccc2F)s1. The Labute approximate surface area is 92.6 Å². The van der Waals surface area contributed by atoms with E-state index in [-0.39, 0.29) is 5.82 Å². The smallest absolute Gasteiger partial charge is 0.126 e. The van der Waals surface area contributed by atoms with E-state index >= 15 is 0 Å². The maximum absolute atomic E-state index is 13.3. The van der Waals surface area contributed by atoms with E-state index in [9.17, 15) is 4.39 Å². The van der Waals surface area contributed by atoms with Crippen molar-refractivity contribution in [3.8, 4) is 0 Å². The quantitative estimate of drug-likeness (QED) is 0.773. The van der Waals surface area contributed by atoms with Crippen molar-refractivity contribution in [1.82, 2.24) is 4.98 Å². The first-order valence-electron chi connectivity index (χ1n) is 4.96. The topological polar surface area (TPSA) is 12.9 Å². The van der Waals surface area contributed by atoms with Crippen LogP contribution in [0.2, 0.25) is 0 Å². The number of hydrogen-bond acceptors (Lipinski definition) is 2. The van der Waals surface area contributed by atoms with Crippen molar-refractivity contribution in [3.05, 3.63) is 51.7 Å². The fourth-order valence-electron chi connectivity index (χ4n) is 1.40. The molecule has 0 bridgehead atoms. The van der Waals surface area contributed by atoms with Crippen LogP contribution in [0.25, 0.3) is 0 Å². The highest BCUT2D eigenvalue weighted by Crippen LogP contribution is 2.18. The van der Waals surface area contributed by atoms with Crippen LogP contribution in [0.5, 0.6) is 0 Å². The predicted octanol–water partition coefficient (Wildman–Crippen LogP) is 3.44. The van der Waals surface area contributed by atoms with Crippen molar-refractivity contribution in [2.24, 2.45) is 0 Å². The van der Waals surface area contributed by atoms with Crippen LogP contribution in [0.1, 0.15) is 22.4 Å². The number of halogens is 1. The average Bonchev–Trinajstić information content (AvgIpc) is 2.69. The number of thiazole rings is 1. The molecule has 0 radical (unpaired) electrons. The van der Waals surface area contributed by atoms with Crippen molar-refractivity contribution >= 4 is 11.3 Å². The second-order valence-electron chi connectivity index (χ2n) is 3.34. The molecule has 0 N–H and O–H groups in total. The largest absolute Gasteiger partial charge is 0.249 e. The lowest BCUT2D eigenvalue weighted by Gasteiger charge is -1.98. The fraction of sp³-hybridized carbons (Fsp3) is 0.250. The highest BCUT2D eigenvalue weighted by molar-refractivity contribution is 7.11. The maximum atomic E-state index is 13.3. The minimum Gasteiger partial charge on any atom is -0.249 e. The van der Waals surface area contributed by atoms with Crippen molar-refractivity contribution in [3.63, 3.8) is 0 Å². The third kappa shape index (κ3) is 2.42. The van der Waals surface area contributed by atoms with Crippen molar-refractivity contribution in [2.75, 3.05) is 0 Å². The summed E-state index contributed by atoms with van der Waals surface area (Å²) in [5.41, 5.74) is 0.717. The van der Waals surface area contributed by atoms with Gasteiger partial charge in [-0.1, -0.05) is 25.1 Å². The van der Waals surface area contributed by atoms with Gasteiger partial charge in [-0.05, 0) is 18.1 Å². The van der Waals surface area contributed by atoms with Crippen molar-refractivity contribution < 1.29 is 4.39 Å². The monoisotopic (exact) mass is 221 g/mol. The Morgan fingerprint density at radius 2 is 2.13 bits per heavy atom. The van der Waals surface area contributed by atoms with Crippen LogP contribution in [0, 0.1) is 5.82 Å². The van der Waals surface area contributed by atoms with E-state index < -0.39 is 0 Å². The minimum atomic E-state index is -0.147. The lowest BCUT2D eigenvalue weighted by Crippen LogP contribution is -1.90. The molecule has 0 spiro atoms. The predicted molar refractivity (Wildman–Crippen MR) is 60.7 cm³/mol. The molecule has 1 aromatic carbocycles. The Balaban J connectivity index is 2.18. The molecule has 15 heavy (non-hydrogen) atoms. The summed E-state index contributed by atoms with van der Waals surface area (Å²) in [6.07, 6.45) is 3.47. The van der Waals surface area contributed by atoms with Gasteiger partial charge in [0.1, 0.15) is 5.82 Å². The van der Waals surface area contributed by atoms with Gasteiger partial charge >= 0.3 is 0 Å². The van der Waals surface area contributed by atoms with Gasteiger partial charge in [0.2, 0.25) is 0 Å². The average molecular weight is 221 g/mol. The standard InChI is InChI=1S/C12H12FNS/c1-2-10-8-14-12(15-10)7-9-5-3-4-6-11(9)13/h3-6,8H,2,7H2,1H3.